The Labute approximate surface area is 145 Å². The van der Waals surface area contributed by atoms with E-state index in [1.165, 1.54) is 0 Å². The molecule has 1 heterocycles. The predicted octanol–water partition coefficient (Wildman–Crippen LogP) is 3.92. The summed E-state index contributed by atoms with van der Waals surface area (Å²) in [7, 11) is 0. The number of carboxylic acids is 1. The molecule has 0 aromatic heterocycles. The molecule has 1 atom stereocenters. The highest BCUT2D eigenvalue weighted by molar-refractivity contribution is 7.99. The molecular formula is C19H19NO3S. The molecule has 0 aliphatic carbocycles. The Morgan fingerprint density at radius 2 is 1.79 bits per heavy atom. The van der Waals surface area contributed by atoms with Crippen LogP contribution < -0.4 is 0 Å². The average molecular weight is 341 g/mol. The molecule has 1 saturated heterocycles. The first kappa shape index (κ1) is 16.6. The Hall–Kier alpha value is -2.27. The number of rotatable bonds is 5. The lowest BCUT2D eigenvalue weighted by molar-refractivity contribution is -0.137. The van der Waals surface area contributed by atoms with Crippen molar-refractivity contribution in [3.63, 3.8) is 0 Å². The lowest BCUT2D eigenvalue weighted by Gasteiger charge is -2.24. The largest absolute Gasteiger partial charge is 0.481 e. The van der Waals surface area contributed by atoms with Crippen molar-refractivity contribution in [2.75, 3.05) is 6.54 Å². The summed E-state index contributed by atoms with van der Waals surface area (Å²) in [6, 6.07) is 17.2. The second kappa shape index (κ2) is 7.53. The van der Waals surface area contributed by atoms with Gasteiger partial charge in [0, 0.05) is 22.4 Å². The van der Waals surface area contributed by atoms with Crippen LogP contribution in [0.15, 0.2) is 64.4 Å². The number of hydrogen-bond acceptors (Lipinski definition) is 3. The van der Waals surface area contributed by atoms with Gasteiger partial charge in [0.1, 0.15) is 0 Å². The third-order valence-corrected chi connectivity index (χ3v) is 5.22. The molecule has 0 spiro atoms. The van der Waals surface area contributed by atoms with Crippen LogP contribution in [0.3, 0.4) is 0 Å². The molecule has 1 unspecified atom stereocenters. The highest BCUT2D eigenvalue weighted by Gasteiger charge is 2.31. The molecule has 5 heteroatoms. The van der Waals surface area contributed by atoms with E-state index < -0.39 is 5.97 Å². The number of hydrogen-bond donors (Lipinski definition) is 1. The molecule has 1 amide bonds. The fraction of sp³-hybridized carbons (Fsp3) is 0.263. The third-order valence-electron chi connectivity index (χ3n) is 4.14. The number of carbonyl (C=O) groups is 2. The van der Waals surface area contributed by atoms with Crippen molar-refractivity contribution >= 4 is 23.6 Å². The summed E-state index contributed by atoms with van der Waals surface area (Å²) in [4.78, 5) is 27.7. The van der Waals surface area contributed by atoms with E-state index in [1.807, 2.05) is 54.6 Å². The Morgan fingerprint density at radius 1 is 1.08 bits per heavy atom. The Morgan fingerprint density at radius 3 is 2.54 bits per heavy atom. The third kappa shape index (κ3) is 3.79. The zero-order valence-electron chi connectivity index (χ0n) is 13.2. The normalized spacial score (nSPS) is 17.0. The fourth-order valence-corrected chi connectivity index (χ4v) is 3.98. The molecule has 1 fully saturated rings. The van der Waals surface area contributed by atoms with Crippen molar-refractivity contribution in [2.45, 2.75) is 35.1 Å². The molecule has 3 rings (SSSR count). The van der Waals surface area contributed by atoms with Crippen molar-refractivity contribution in [2.24, 2.45) is 0 Å². The van der Waals surface area contributed by atoms with Gasteiger partial charge in [0.25, 0.3) is 5.91 Å². The summed E-state index contributed by atoms with van der Waals surface area (Å²) in [5, 5.41) is 9.05. The molecule has 1 aliphatic rings. The Kier molecular flexibility index (Phi) is 5.20. The van der Waals surface area contributed by atoms with Crippen LogP contribution in [0, 0.1) is 0 Å². The monoisotopic (exact) mass is 341 g/mol. The Bertz CT molecular complexity index is 732. The van der Waals surface area contributed by atoms with E-state index in [9.17, 15) is 9.59 Å². The summed E-state index contributed by atoms with van der Waals surface area (Å²) < 4.78 is 0. The zero-order valence-corrected chi connectivity index (χ0v) is 14.0. The van der Waals surface area contributed by atoms with E-state index in [-0.39, 0.29) is 18.4 Å². The fourth-order valence-electron chi connectivity index (χ4n) is 3.02. The minimum atomic E-state index is -0.855. The van der Waals surface area contributed by atoms with Crippen molar-refractivity contribution in [3.8, 4) is 0 Å². The smallest absolute Gasteiger partial charge is 0.305 e. The summed E-state index contributed by atoms with van der Waals surface area (Å²) >= 11 is 1.55. The first-order valence-electron chi connectivity index (χ1n) is 8.00. The van der Waals surface area contributed by atoms with Crippen LogP contribution in [0.2, 0.25) is 0 Å². The van der Waals surface area contributed by atoms with Crippen molar-refractivity contribution in [1.82, 2.24) is 4.90 Å². The van der Waals surface area contributed by atoms with Crippen molar-refractivity contribution in [1.29, 1.82) is 0 Å². The molecule has 124 valence electrons. The molecular weight excluding hydrogens is 322 g/mol. The lowest BCUT2D eigenvalue weighted by atomic mass is 10.1. The quantitative estimate of drug-likeness (QED) is 0.895. The van der Waals surface area contributed by atoms with E-state index in [2.05, 4.69) is 0 Å². The van der Waals surface area contributed by atoms with Crippen molar-refractivity contribution in [3.05, 3.63) is 60.2 Å². The van der Waals surface area contributed by atoms with E-state index in [0.717, 1.165) is 22.6 Å². The SMILES string of the molecule is O=C(O)CC1CCCN1C(=O)c1ccccc1Sc1ccccc1. The van der Waals surface area contributed by atoms with Gasteiger partial charge in [-0.3, -0.25) is 9.59 Å². The van der Waals surface area contributed by atoms with Crippen molar-refractivity contribution < 1.29 is 14.7 Å². The number of likely N-dealkylation sites (tertiary alicyclic amines) is 1. The summed E-state index contributed by atoms with van der Waals surface area (Å²) in [5.41, 5.74) is 0.642. The van der Waals surface area contributed by atoms with Gasteiger partial charge in [-0.05, 0) is 37.1 Å². The maximum Gasteiger partial charge on any atom is 0.305 e. The van der Waals surface area contributed by atoms with E-state index >= 15 is 0 Å². The molecule has 1 aliphatic heterocycles. The summed E-state index contributed by atoms with van der Waals surface area (Å²) in [6.07, 6.45) is 1.63. The molecule has 1 N–H and O–H groups in total. The highest BCUT2D eigenvalue weighted by atomic mass is 32.2. The van der Waals surface area contributed by atoms with Gasteiger partial charge in [-0.25, -0.2) is 0 Å². The number of carbonyl (C=O) groups excluding carboxylic acids is 1. The van der Waals surface area contributed by atoms with E-state index in [4.69, 9.17) is 5.11 Å². The van der Waals surface area contributed by atoms with Gasteiger partial charge in [0.05, 0.1) is 12.0 Å². The van der Waals surface area contributed by atoms with Crippen LogP contribution in [0.25, 0.3) is 0 Å². The number of carboxylic acid groups (broad SMARTS) is 1. The summed E-state index contributed by atoms with van der Waals surface area (Å²) in [6.45, 7) is 0.626. The molecule has 24 heavy (non-hydrogen) atoms. The van der Waals surface area contributed by atoms with Crippen LogP contribution in [0.5, 0.6) is 0 Å². The second-order valence-corrected chi connectivity index (χ2v) is 6.92. The average Bonchev–Trinajstić information content (AvgIpc) is 3.03. The van der Waals surface area contributed by atoms with Crippen LogP contribution >= 0.6 is 11.8 Å². The van der Waals surface area contributed by atoms with Gasteiger partial charge in [-0.1, -0.05) is 42.1 Å². The van der Waals surface area contributed by atoms with Gasteiger partial charge < -0.3 is 10.0 Å². The molecule has 0 radical (unpaired) electrons. The standard InChI is InChI=1S/C19H19NO3S/c21-18(22)13-14-7-6-12-20(14)19(23)16-10-4-5-11-17(16)24-15-8-2-1-3-9-15/h1-5,8-11,14H,6-7,12-13H2,(H,21,22). The molecule has 0 saturated carbocycles. The Balaban J connectivity index is 1.83. The van der Waals surface area contributed by atoms with Crippen LogP contribution in [0.4, 0.5) is 0 Å². The number of aliphatic carboxylic acids is 1. The highest BCUT2D eigenvalue weighted by Crippen LogP contribution is 2.32. The van der Waals surface area contributed by atoms with E-state index in [0.29, 0.717) is 12.1 Å². The predicted molar refractivity (Wildman–Crippen MR) is 93.3 cm³/mol. The number of nitrogens with zero attached hydrogens (tertiary/aromatic N) is 1. The van der Waals surface area contributed by atoms with Gasteiger partial charge in [-0.15, -0.1) is 0 Å². The maximum absolute atomic E-state index is 13.0. The van der Waals surface area contributed by atoms with Crippen LogP contribution in [0.1, 0.15) is 29.6 Å². The van der Waals surface area contributed by atoms with E-state index in [1.54, 1.807) is 16.7 Å². The first-order chi connectivity index (χ1) is 11.6. The molecule has 2 aromatic carbocycles. The van der Waals surface area contributed by atoms with Gasteiger partial charge >= 0.3 is 5.97 Å². The van der Waals surface area contributed by atoms with Crippen LogP contribution in [-0.4, -0.2) is 34.5 Å². The molecule has 2 aromatic rings. The zero-order chi connectivity index (χ0) is 16.9. The number of benzene rings is 2. The summed E-state index contributed by atoms with van der Waals surface area (Å²) in [5.74, 6) is -0.926. The van der Waals surface area contributed by atoms with Gasteiger partial charge in [0.2, 0.25) is 0 Å². The lowest BCUT2D eigenvalue weighted by Crippen LogP contribution is -2.37. The first-order valence-corrected chi connectivity index (χ1v) is 8.81. The molecule has 4 nitrogen and oxygen atoms in total. The topological polar surface area (TPSA) is 57.6 Å². The molecule has 0 bridgehead atoms. The van der Waals surface area contributed by atoms with Gasteiger partial charge in [-0.2, -0.15) is 0 Å². The van der Waals surface area contributed by atoms with Crippen LogP contribution in [-0.2, 0) is 4.79 Å². The number of amides is 1. The second-order valence-electron chi connectivity index (χ2n) is 5.80. The van der Waals surface area contributed by atoms with Gasteiger partial charge in [0.15, 0.2) is 0 Å². The minimum absolute atomic E-state index is 0.0136. The minimum Gasteiger partial charge on any atom is -0.481 e. The maximum atomic E-state index is 13.0.